The Balaban J connectivity index is 1.71. The van der Waals surface area contributed by atoms with Crippen LogP contribution in [-0.4, -0.2) is 21.9 Å². The van der Waals surface area contributed by atoms with Gasteiger partial charge in [0.1, 0.15) is 17.2 Å². The van der Waals surface area contributed by atoms with Crippen molar-refractivity contribution in [2.75, 3.05) is 5.43 Å². The molecule has 1 aliphatic carbocycles. The summed E-state index contributed by atoms with van der Waals surface area (Å²) < 4.78 is 56.1. The molecule has 3 aromatic rings. The van der Waals surface area contributed by atoms with Crippen molar-refractivity contribution in [1.82, 2.24) is 9.66 Å². The van der Waals surface area contributed by atoms with Gasteiger partial charge < -0.3 is 4.74 Å². The lowest BCUT2D eigenvalue weighted by atomic mass is 10.1. The van der Waals surface area contributed by atoms with E-state index in [0.29, 0.717) is 18.4 Å². The van der Waals surface area contributed by atoms with Crippen molar-refractivity contribution >= 4 is 16.8 Å². The predicted octanol–water partition coefficient (Wildman–Crippen LogP) is 3.62. The molecule has 0 spiro atoms. The minimum atomic E-state index is -4.94. The first-order chi connectivity index (χ1) is 14.2. The van der Waals surface area contributed by atoms with Crippen molar-refractivity contribution in [3.63, 3.8) is 0 Å². The average molecular weight is 421 g/mol. The van der Waals surface area contributed by atoms with Crippen molar-refractivity contribution in [2.24, 2.45) is 0 Å². The number of halogens is 4. The van der Waals surface area contributed by atoms with Gasteiger partial charge in [0, 0.05) is 5.92 Å². The zero-order valence-electron chi connectivity index (χ0n) is 15.4. The summed E-state index contributed by atoms with van der Waals surface area (Å²) in [6, 6.07) is 8.95. The number of hydrogen-bond acceptors (Lipinski definition) is 4. The lowest BCUT2D eigenvalue weighted by molar-refractivity contribution is -0.274. The van der Waals surface area contributed by atoms with Crippen LogP contribution in [0.4, 0.5) is 17.6 Å². The van der Waals surface area contributed by atoms with E-state index in [9.17, 15) is 27.2 Å². The van der Waals surface area contributed by atoms with Gasteiger partial charge in [0.2, 0.25) is 5.91 Å². The highest BCUT2D eigenvalue weighted by atomic mass is 19.4. The van der Waals surface area contributed by atoms with Crippen LogP contribution < -0.4 is 15.7 Å². The predicted molar refractivity (Wildman–Crippen MR) is 99.1 cm³/mol. The molecule has 30 heavy (non-hydrogen) atoms. The summed E-state index contributed by atoms with van der Waals surface area (Å²) in [4.78, 5) is 29.6. The van der Waals surface area contributed by atoms with Crippen LogP contribution in [0.5, 0.6) is 5.75 Å². The number of aromatic nitrogens is 2. The number of para-hydroxylation sites is 1. The van der Waals surface area contributed by atoms with Gasteiger partial charge in [0.25, 0.3) is 5.56 Å². The van der Waals surface area contributed by atoms with Crippen LogP contribution in [0.15, 0.2) is 47.3 Å². The van der Waals surface area contributed by atoms with Crippen molar-refractivity contribution in [1.29, 1.82) is 0 Å². The standard InChI is InChI=1S/C20H15F4N3O3/c21-13-8-4-11(5-9-13)10-16(28)26-27-18(12-6-7-12)25-17-14(19(27)29)2-1-3-15(17)30-20(22,23)24/h1-5,8-9,12H,6-7,10H2,(H,26,28). The molecular formula is C20H15F4N3O3. The molecule has 0 aliphatic heterocycles. The highest BCUT2D eigenvalue weighted by molar-refractivity contribution is 5.87. The molecule has 10 heteroatoms. The fourth-order valence-electron chi connectivity index (χ4n) is 3.08. The molecule has 1 aliphatic rings. The Bertz CT molecular complexity index is 1170. The van der Waals surface area contributed by atoms with Gasteiger partial charge in [-0.25, -0.2) is 14.1 Å². The van der Waals surface area contributed by atoms with E-state index in [1.54, 1.807) is 0 Å². The van der Waals surface area contributed by atoms with Crippen molar-refractivity contribution < 1.29 is 27.1 Å². The molecule has 1 aromatic heterocycles. The van der Waals surface area contributed by atoms with Gasteiger partial charge in [-0.05, 0) is 42.7 Å². The zero-order valence-corrected chi connectivity index (χ0v) is 15.4. The minimum absolute atomic E-state index is 0.119. The minimum Gasteiger partial charge on any atom is -0.403 e. The number of nitrogens with one attached hydrogen (secondary N) is 1. The lowest BCUT2D eigenvalue weighted by Crippen LogP contribution is -2.37. The summed E-state index contributed by atoms with van der Waals surface area (Å²) in [6.45, 7) is 0. The van der Waals surface area contributed by atoms with Gasteiger partial charge in [-0.15, -0.1) is 13.2 Å². The number of alkyl halides is 3. The van der Waals surface area contributed by atoms with E-state index in [2.05, 4.69) is 15.1 Å². The maximum atomic E-state index is 13.0. The number of amides is 1. The molecule has 1 saturated carbocycles. The van der Waals surface area contributed by atoms with Crippen LogP contribution in [-0.2, 0) is 11.2 Å². The van der Waals surface area contributed by atoms with Crippen LogP contribution in [0.1, 0.15) is 30.1 Å². The smallest absolute Gasteiger partial charge is 0.403 e. The third kappa shape index (κ3) is 4.27. The van der Waals surface area contributed by atoms with E-state index in [0.717, 1.165) is 10.7 Å². The Morgan fingerprint density at radius 2 is 1.87 bits per heavy atom. The Morgan fingerprint density at radius 3 is 2.50 bits per heavy atom. The molecule has 1 N–H and O–H groups in total. The molecule has 2 aromatic carbocycles. The molecule has 4 rings (SSSR count). The second kappa shape index (κ2) is 7.43. The normalized spacial score (nSPS) is 14.0. The van der Waals surface area contributed by atoms with Crippen molar-refractivity contribution in [3.8, 4) is 5.75 Å². The first kappa shape index (κ1) is 19.9. The molecule has 0 unspecified atom stereocenters. The van der Waals surface area contributed by atoms with Crippen LogP contribution in [0.25, 0.3) is 10.9 Å². The molecule has 156 valence electrons. The number of hydrogen-bond donors (Lipinski definition) is 1. The monoisotopic (exact) mass is 421 g/mol. The molecule has 0 saturated heterocycles. The van der Waals surface area contributed by atoms with Gasteiger partial charge >= 0.3 is 6.36 Å². The topological polar surface area (TPSA) is 73.2 Å². The van der Waals surface area contributed by atoms with Gasteiger partial charge in [-0.1, -0.05) is 18.2 Å². The van der Waals surface area contributed by atoms with E-state index in [-0.39, 0.29) is 29.1 Å². The Hall–Kier alpha value is -3.43. The number of carbonyl (C=O) groups excluding carboxylic acids is 1. The second-order valence-electron chi connectivity index (χ2n) is 6.92. The van der Waals surface area contributed by atoms with E-state index in [1.807, 2.05) is 0 Å². The summed E-state index contributed by atoms with van der Waals surface area (Å²) >= 11 is 0. The molecule has 0 bridgehead atoms. The summed E-state index contributed by atoms with van der Waals surface area (Å²) in [7, 11) is 0. The molecule has 0 radical (unpaired) electrons. The van der Waals surface area contributed by atoms with Crippen LogP contribution in [0.3, 0.4) is 0 Å². The quantitative estimate of drug-likeness (QED) is 0.639. The molecular weight excluding hydrogens is 406 g/mol. The van der Waals surface area contributed by atoms with Crippen LogP contribution in [0, 0.1) is 5.82 Å². The Kier molecular flexibility index (Phi) is 4.92. The van der Waals surface area contributed by atoms with E-state index < -0.39 is 29.4 Å². The highest BCUT2D eigenvalue weighted by Crippen LogP contribution is 2.39. The average Bonchev–Trinajstić information content (AvgIpc) is 3.50. The Labute approximate surface area is 167 Å². The summed E-state index contributed by atoms with van der Waals surface area (Å²) in [6.07, 6.45) is -3.68. The van der Waals surface area contributed by atoms with Gasteiger partial charge in [-0.3, -0.25) is 15.0 Å². The van der Waals surface area contributed by atoms with E-state index >= 15 is 0 Å². The van der Waals surface area contributed by atoms with Gasteiger partial charge in [0.15, 0.2) is 5.75 Å². The van der Waals surface area contributed by atoms with Crippen LogP contribution in [0.2, 0.25) is 0 Å². The number of carbonyl (C=O) groups is 1. The third-order valence-electron chi connectivity index (χ3n) is 4.57. The molecule has 1 heterocycles. The molecule has 1 fully saturated rings. The molecule has 1 amide bonds. The number of rotatable bonds is 5. The summed E-state index contributed by atoms with van der Waals surface area (Å²) in [5, 5.41) is -0.122. The third-order valence-corrected chi connectivity index (χ3v) is 4.57. The van der Waals surface area contributed by atoms with Crippen LogP contribution >= 0.6 is 0 Å². The number of benzene rings is 2. The maximum absolute atomic E-state index is 13.0. The van der Waals surface area contributed by atoms with Gasteiger partial charge in [-0.2, -0.15) is 0 Å². The molecule has 6 nitrogen and oxygen atoms in total. The zero-order chi connectivity index (χ0) is 21.5. The first-order valence-electron chi connectivity index (χ1n) is 9.07. The first-order valence-corrected chi connectivity index (χ1v) is 9.07. The fraction of sp³-hybridized carbons (Fsp3) is 0.250. The maximum Gasteiger partial charge on any atom is 0.573 e. The number of nitrogens with zero attached hydrogens (tertiary/aromatic N) is 2. The number of ether oxygens (including phenoxy) is 1. The Morgan fingerprint density at radius 1 is 1.17 bits per heavy atom. The lowest BCUT2D eigenvalue weighted by Gasteiger charge is -2.16. The molecule has 0 atom stereocenters. The highest BCUT2D eigenvalue weighted by Gasteiger charge is 2.34. The summed E-state index contributed by atoms with van der Waals surface area (Å²) in [5.41, 5.74) is 2.08. The summed E-state index contributed by atoms with van der Waals surface area (Å²) in [5.74, 6) is -1.56. The SMILES string of the molecule is O=C(Cc1ccc(F)cc1)Nn1c(C2CC2)nc2c(OC(F)(F)F)cccc2c1=O. The fourth-order valence-corrected chi connectivity index (χ4v) is 3.08. The van der Waals surface area contributed by atoms with Gasteiger partial charge in [0.05, 0.1) is 11.8 Å². The largest absolute Gasteiger partial charge is 0.573 e. The second-order valence-corrected chi connectivity index (χ2v) is 6.92. The van der Waals surface area contributed by atoms with E-state index in [1.165, 1.54) is 36.4 Å². The van der Waals surface area contributed by atoms with E-state index in [4.69, 9.17) is 0 Å². The van der Waals surface area contributed by atoms with Crippen molar-refractivity contribution in [2.45, 2.75) is 31.5 Å². The van der Waals surface area contributed by atoms with Crippen molar-refractivity contribution in [3.05, 3.63) is 70.0 Å². The number of fused-ring (bicyclic) bond motifs is 1.